The van der Waals surface area contributed by atoms with E-state index in [0.29, 0.717) is 13.0 Å². The van der Waals surface area contributed by atoms with Crippen molar-refractivity contribution in [3.8, 4) is 0 Å². The van der Waals surface area contributed by atoms with Crippen LogP contribution < -0.4 is 9.62 Å². The van der Waals surface area contributed by atoms with Crippen LogP contribution in [-0.2, 0) is 26.2 Å². The number of carbonyl (C=O) groups is 2. The summed E-state index contributed by atoms with van der Waals surface area (Å²) in [6.07, 6.45) is 1.09. The van der Waals surface area contributed by atoms with Gasteiger partial charge in [0.05, 0.1) is 10.6 Å². The lowest BCUT2D eigenvalue weighted by atomic mass is 10.1. The van der Waals surface area contributed by atoms with E-state index in [-0.39, 0.29) is 23.0 Å². The standard InChI is InChI=1S/C29H34FN3O4S/c1-4-19-31-29(35)27(5-2)32(20-23-13-11-22(3)12-14-23)28(34)21-33(25-9-7-6-8-10-25)38(36,37)26-17-15-24(30)16-18-26/h6-18,27H,4-5,19-21H2,1-3H3,(H,31,35)/t27-/m0/s1. The second kappa shape index (κ2) is 13.2. The Balaban J connectivity index is 2.01. The monoisotopic (exact) mass is 539 g/mol. The smallest absolute Gasteiger partial charge is 0.264 e. The molecule has 3 rings (SSSR count). The third-order valence-electron chi connectivity index (χ3n) is 6.13. The van der Waals surface area contributed by atoms with Gasteiger partial charge in [-0.25, -0.2) is 12.8 Å². The summed E-state index contributed by atoms with van der Waals surface area (Å²) in [7, 11) is -4.23. The van der Waals surface area contributed by atoms with E-state index in [1.807, 2.05) is 45.0 Å². The quantitative estimate of drug-likeness (QED) is 0.363. The number of carbonyl (C=O) groups excluding carboxylic acids is 2. The van der Waals surface area contributed by atoms with Gasteiger partial charge in [-0.15, -0.1) is 0 Å². The Labute approximate surface area is 224 Å². The maximum Gasteiger partial charge on any atom is 0.264 e. The van der Waals surface area contributed by atoms with Gasteiger partial charge in [0.2, 0.25) is 11.8 Å². The van der Waals surface area contributed by atoms with Crippen molar-refractivity contribution in [1.82, 2.24) is 10.2 Å². The number of amides is 2. The summed E-state index contributed by atoms with van der Waals surface area (Å²) in [6.45, 7) is 5.78. The van der Waals surface area contributed by atoms with Gasteiger partial charge in [0.15, 0.2) is 0 Å². The van der Waals surface area contributed by atoms with Crippen molar-refractivity contribution in [2.24, 2.45) is 0 Å². The highest BCUT2D eigenvalue weighted by atomic mass is 32.2. The van der Waals surface area contributed by atoms with Crippen LogP contribution in [0.15, 0.2) is 83.8 Å². The maximum absolute atomic E-state index is 13.9. The lowest BCUT2D eigenvalue weighted by Crippen LogP contribution is -2.52. The van der Waals surface area contributed by atoms with Gasteiger partial charge in [-0.2, -0.15) is 0 Å². The Morgan fingerprint density at radius 2 is 1.55 bits per heavy atom. The average molecular weight is 540 g/mol. The number of aryl methyl sites for hydroxylation is 1. The number of para-hydroxylation sites is 1. The Kier molecular flexibility index (Phi) is 10.0. The molecule has 0 aliphatic rings. The summed E-state index contributed by atoms with van der Waals surface area (Å²) in [4.78, 5) is 28.2. The normalized spacial score (nSPS) is 12.0. The largest absolute Gasteiger partial charge is 0.354 e. The Bertz CT molecular complexity index is 1310. The Morgan fingerprint density at radius 1 is 0.921 bits per heavy atom. The average Bonchev–Trinajstić information content (AvgIpc) is 2.92. The Morgan fingerprint density at radius 3 is 2.13 bits per heavy atom. The van der Waals surface area contributed by atoms with E-state index >= 15 is 0 Å². The fourth-order valence-electron chi connectivity index (χ4n) is 4.03. The van der Waals surface area contributed by atoms with E-state index in [9.17, 15) is 22.4 Å². The van der Waals surface area contributed by atoms with Crippen molar-refractivity contribution >= 4 is 27.5 Å². The van der Waals surface area contributed by atoms with Gasteiger partial charge in [-0.05, 0) is 61.7 Å². The zero-order valence-electron chi connectivity index (χ0n) is 21.9. The molecule has 0 radical (unpaired) electrons. The number of hydrogen-bond donors (Lipinski definition) is 1. The molecule has 0 bridgehead atoms. The summed E-state index contributed by atoms with van der Waals surface area (Å²) < 4.78 is 41.9. The minimum atomic E-state index is -4.23. The first-order valence-electron chi connectivity index (χ1n) is 12.6. The van der Waals surface area contributed by atoms with E-state index in [4.69, 9.17) is 0 Å². The van der Waals surface area contributed by atoms with Crippen LogP contribution in [0.5, 0.6) is 0 Å². The molecule has 0 heterocycles. The van der Waals surface area contributed by atoms with Crippen LogP contribution in [0.2, 0.25) is 0 Å². The highest BCUT2D eigenvalue weighted by Gasteiger charge is 2.33. The van der Waals surface area contributed by atoms with E-state index in [0.717, 1.165) is 34.0 Å². The lowest BCUT2D eigenvalue weighted by molar-refractivity contribution is -0.140. The molecule has 3 aromatic rings. The van der Waals surface area contributed by atoms with Gasteiger partial charge in [0.1, 0.15) is 18.4 Å². The van der Waals surface area contributed by atoms with E-state index in [1.54, 1.807) is 30.3 Å². The molecule has 0 saturated heterocycles. The van der Waals surface area contributed by atoms with Crippen molar-refractivity contribution in [3.05, 3.63) is 95.8 Å². The molecule has 0 spiro atoms. The molecule has 0 aliphatic carbocycles. The summed E-state index contributed by atoms with van der Waals surface area (Å²) in [6, 6.07) is 19.5. The van der Waals surface area contributed by atoms with Crippen LogP contribution in [0.4, 0.5) is 10.1 Å². The SMILES string of the molecule is CCCNC(=O)[C@H](CC)N(Cc1ccc(C)cc1)C(=O)CN(c1ccccc1)S(=O)(=O)c1ccc(F)cc1. The number of sulfonamides is 1. The van der Waals surface area contributed by atoms with Crippen LogP contribution in [-0.4, -0.2) is 44.3 Å². The number of hydrogen-bond acceptors (Lipinski definition) is 4. The zero-order chi connectivity index (χ0) is 27.7. The third-order valence-corrected chi connectivity index (χ3v) is 7.92. The third kappa shape index (κ3) is 7.19. The molecule has 0 unspecified atom stereocenters. The molecule has 7 nitrogen and oxygen atoms in total. The summed E-state index contributed by atoms with van der Waals surface area (Å²) in [5, 5.41) is 2.86. The van der Waals surface area contributed by atoms with Crippen LogP contribution in [0, 0.1) is 12.7 Å². The molecule has 1 atom stereocenters. The first-order chi connectivity index (χ1) is 18.2. The first kappa shape index (κ1) is 28.8. The molecule has 0 saturated carbocycles. The van der Waals surface area contributed by atoms with Gasteiger partial charge in [0, 0.05) is 13.1 Å². The van der Waals surface area contributed by atoms with Gasteiger partial charge in [-0.3, -0.25) is 13.9 Å². The lowest BCUT2D eigenvalue weighted by Gasteiger charge is -2.33. The van der Waals surface area contributed by atoms with E-state index in [1.165, 1.54) is 17.0 Å². The molecular weight excluding hydrogens is 505 g/mol. The minimum Gasteiger partial charge on any atom is -0.354 e. The van der Waals surface area contributed by atoms with Gasteiger partial charge < -0.3 is 10.2 Å². The summed E-state index contributed by atoms with van der Waals surface area (Å²) in [5.74, 6) is -1.39. The second-order valence-electron chi connectivity index (χ2n) is 9.02. The molecule has 202 valence electrons. The van der Waals surface area contributed by atoms with Crippen LogP contribution in [0.25, 0.3) is 0 Å². The molecule has 2 amide bonds. The number of nitrogens with zero attached hydrogens (tertiary/aromatic N) is 2. The van der Waals surface area contributed by atoms with Gasteiger partial charge in [-0.1, -0.05) is 61.9 Å². The molecule has 38 heavy (non-hydrogen) atoms. The fourth-order valence-corrected chi connectivity index (χ4v) is 5.45. The molecular formula is C29H34FN3O4S. The number of halogens is 1. The predicted octanol–water partition coefficient (Wildman–Crippen LogP) is 4.66. The van der Waals surface area contributed by atoms with Gasteiger partial charge in [0.25, 0.3) is 10.0 Å². The van der Waals surface area contributed by atoms with Crippen LogP contribution >= 0.6 is 0 Å². The highest BCUT2D eigenvalue weighted by molar-refractivity contribution is 7.92. The minimum absolute atomic E-state index is 0.135. The number of benzene rings is 3. The van der Waals surface area contributed by atoms with Gasteiger partial charge >= 0.3 is 0 Å². The zero-order valence-corrected chi connectivity index (χ0v) is 22.7. The van der Waals surface area contributed by atoms with Crippen molar-refractivity contribution in [2.75, 3.05) is 17.4 Å². The van der Waals surface area contributed by atoms with E-state index < -0.39 is 34.3 Å². The maximum atomic E-state index is 13.9. The highest BCUT2D eigenvalue weighted by Crippen LogP contribution is 2.25. The molecule has 0 aromatic heterocycles. The number of nitrogens with one attached hydrogen (secondary N) is 1. The molecule has 0 fully saturated rings. The second-order valence-corrected chi connectivity index (χ2v) is 10.9. The predicted molar refractivity (Wildman–Crippen MR) is 146 cm³/mol. The van der Waals surface area contributed by atoms with E-state index in [2.05, 4.69) is 5.32 Å². The summed E-state index contributed by atoms with van der Waals surface area (Å²) in [5.41, 5.74) is 2.15. The molecule has 1 N–H and O–H groups in total. The topological polar surface area (TPSA) is 86.8 Å². The molecule has 9 heteroatoms. The summed E-state index contributed by atoms with van der Waals surface area (Å²) >= 11 is 0. The van der Waals surface area contributed by atoms with Crippen molar-refractivity contribution in [3.63, 3.8) is 0 Å². The van der Waals surface area contributed by atoms with Crippen molar-refractivity contribution < 1.29 is 22.4 Å². The first-order valence-corrected chi connectivity index (χ1v) is 14.1. The molecule has 0 aliphatic heterocycles. The van der Waals surface area contributed by atoms with Crippen molar-refractivity contribution in [2.45, 2.75) is 51.1 Å². The number of rotatable bonds is 12. The van der Waals surface area contributed by atoms with Crippen LogP contribution in [0.3, 0.4) is 0 Å². The Hall–Kier alpha value is -3.72. The van der Waals surface area contributed by atoms with Crippen molar-refractivity contribution in [1.29, 1.82) is 0 Å². The fraction of sp³-hybridized carbons (Fsp3) is 0.310. The molecule has 3 aromatic carbocycles. The van der Waals surface area contributed by atoms with Crippen LogP contribution in [0.1, 0.15) is 37.8 Å². The number of anilines is 1.